The minimum atomic E-state index is -1.77. The molecule has 1 fully saturated rings. The van der Waals surface area contributed by atoms with E-state index in [1.54, 1.807) is 0 Å². The number of aliphatic carboxylic acids is 3. The second kappa shape index (κ2) is 24.0. The molecule has 0 aromatic rings. The van der Waals surface area contributed by atoms with Gasteiger partial charge in [0.15, 0.2) is 5.96 Å². The Labute approximate surface area is 296 Å². The number of guanidine groups is 1. The molecule has 0 aliphatic carbocycles. The van der Waals surface area contributed by atoms with E-state index in [4.69, 9.17) is 27.1 Å². The van der Waals surface area contributed by atoms with E-state index in [-0.39, 0.29) is 44.1 Å². The Kier molecular flexibility index (Phi) is 21.5. The van der Waals surface area contributed by atoms with Crippen LogP contribution in [0.3, 0.4) is 0 Å². The quantitative estimate of drug-likeness (QED) is 0.0238. The van der Waals surface area contributed by atoms with Gasteiger partial charge in [-0.25, -0.2) is 4.79 Å². The first-order valence-electron chi connectivity index (χ1n) is 15.3. The summed E-state index contributed by atoms with van der Waals surface area (Å²) in [5.74, 6) is -9.41. The zero-order valence-electron chi connectivity index (χ0n) is 27.7. The van der Waals surface area contributed by atoms with E-state index in [2.05, 4.69) is 44.2 Å². The molecule has 15 N–H and O–H groups in total. The zero-order valence-corrected chi connectivity index (χ0v) is 28.6. The topological polar surface area (TPSA) is 388 Å². The van der Waals surface area contributed by atoms with E-state index in [0.29, 0.717) is 6.42 Å². The molecule has 23 nitrogen and oxygen atoms in total. The Balaban J connectivity index is 0.00000591. The van der Waals surface area contributed by atoms with Crippen LogP contribution in [0.15, 0.2) is 4.99 Å². The van der Waals surface area contributed by atoms with Crippen molar-refractivity contribution in [2.75, 3.05) is 38.5 Å². The van der Waals surface area contributed by atoms with E-state index in [9.17, 15) is 53.7 Å². The number of aliphatic hydroxyl groups is 1. The van der Waals surface area contributed by atoms with Crippen molar-refractivity contribution < 1.29 is 63.6 Å². The Morgan fingerprint density at radius 1 is 0.882 bits per heavy atom. The Bertz CT molecular complexity index is 1290. The van der Waals surface area contributed by atoms with Gasteiger partial charge >= 0.3 is 11.9 Å². The summed E-state index contributed by atoms with van der Waals surface area (Å²) in [4.78, 5) is 112. The van der Waals surface area contributed by atoms with Crippen molar-refractivity contribution >= 4 is 71.9 Å². The molecule has 0 bridgehead atoms. The van der Waals surface area contributed by atoms with E-state index >= 15 is 0 Å². The predicted octanol–water partition coefficient (Wildman–Crippen LogP) is -6.38. The molecule has 1 rings (SSSR count). The number of carbonyl (C=O) groups excluding carboxylic acids is 6. The van der Waals surface area contributed by atoms with Crippen molar-refractivity contribution in [2.45, 2.75) is 69.2 Å². The summed E-state index contributed by atoms with van der Waals surface area (Å²) in [6, 6.07) is -7.00. The number of amides is 6. The van der Waals surface area contributed by atoms with Crippen molar-refractivity contribution in [1.82, 2.24) is 31.5 Å². The predicted molar refractivity (Wildman–Crippen MR) is 179 cm³/mol. The molecule has 1 heterocycles. The van der Waals surface area contributed by atoms with Crippen molar-refractivity contribution in [1.29, 1.82) is 0 Å². The maximum absolute atomic E-state index is 13.2. The van der Waals surface area contributed by atoms with E-state index in [0.717, 1.165) is 11.8 Å². The minimum Gasteiger partial charge on any atom is -0.481 e. The van der Waals surface area contributed by atoms with Gasteiger partial charge in [0, 0.05) is 25.8 Å². The molecular formula is C27H46N10O13S. The standard InChI is InChI=1S/C25H42N10O11S.C2H4O2/c26-8-17(37)31-12(3-1-5-29-25(27)28)20(41)30-9-18(38)32-13(7-19(39)40)21(42)33-14(10-36)23(44)35-6-2-4-16(35)22(43)34-15(11-47)24(45)46;1-2(3)4/h12-16,36,47H,1-11,26H2,(H,30,41)(H,31,37)(H,32,38)(H,33,42)(H,34,43)(H,39,40)(H,45,46)(H4,27,28,29);1H3,(H,3,4)/t12-,13-,14-,15-,16-;/m0./s1. The largest absolute Gasteiger partial charge is 0.481 e. The van der Waals surface area contributed by atoms with E-state index < -0.39 is 110 Å². The maximum atomic E-state index is 13.2. The van der Waals surface area contributed by atoms with Gasteiger partial charge in [-0.05, 0) is 25.7 Å². The summed E-state index contributed by atoms with van der Waals surface area (Å²) in [6.45, 7) is -0.873. The summed E-state index contributed by atoms with van der Waals surface area (Å²) in [5, 5.41) is 46.9. The SMILES string of the molecule is CC(=O)O.NCC(=O)N[C@@H](CCCN=C(N)N)C(=O)NCC(=O)N[C@@H](CC(=O)O)C(=O)N[C@@H](CO)C(=O)N1CCC[C@H]1C(=O)N[C@@H](CS)C(=O)O. The molecular weight excluding hydrogens is 704 g/mol. The first kappa shape index (κ1) is 45.8. The number of carboxylic acids is 3. The number of nitrogens with zero attached hydrogens (tertiary/aromatic N) is 2. The summed E-state index contributed by atoms with van der Waals surface area (Å²) < 4.78 is 0. The van der Waals surface area contributed by atoms with Crippen molar-refractivity contribution in [3.8, 4) is 0 Å². The van der Waals surface area contributed by atoms with Gasteiger partial charge < -0.3 is 69.1 Å². The number of aliphatic imine (C=N–C) groups is 1. The van der Waals surface area contributed by atoms with E-state index in [1.165, 1.54) is 0 Å². The number of nitrogens with one attached hydrogen (secondary N) is 5. The number of nitrogens with two attached hydrogens (primary N) is 3. The number of likely N-dealkylation sites (tertiary alicyclic amines) is 1. The number of hydrogen-bond donors (Lipinski definition) is 13. The molecule has 0 aromatic heterocycles. The van der Waals surface area contributed by atoms with Gasteiger partial charge in [-0.3, -0.25) is 43.3 Å². The summed E-state index contributed by atoms with van der Waals surface area (Å²) in [7, 11) is 0. The fourth-order valence-corrected chi connectivity index (χ4v) is 4.61. The van der Waals surface area contributed by atoms with Gasteiger partial charge in [-0.15, -0.1) is 0 Å². The zero-order chi connectivity index (χ0) is 39.3. The lowest BCUT2D eigenvalue weighted by Gasteiger charge is -2.29. The van der Waals surface area contributed by atoms with Gasteiger partial charge in [0.05, 0.1) is 26.1 Å². The molecule has 24 heteroatoms. The summed E-state index contributed by atoms with van der Waals surface area (Å²) >= 11 is 3.88. The second-order valence-corrected chi connectivity index (χ2v) is 11.1. The van der Waals surface area contributed by atoms with Crippen LogP contribution < -0.4 is 43.8 Å². The van der Waals surface area contributed by atoms with Crippen LogP contribution in [0.1, 0.15) is 39.0 Å². The molecule has 1 aliphatic heterocycles. The molecule has 5 atom stereocenters. The first-order chi connectivity index (χ1) is 23.9. The second-order valence-electron chi connectivity index (χ2n) is 10.7. The molecule has 288 valence electrons. The highest BCUT2D eigenvalue weighted by molar-refractivity contribution is 7.80. The highest BCUT2D eigenvalue weighted by Gasteiger charge is 2.39. The molecule has 0 radical (unpaired) electrons. The van der Waals surface area contributed by atoms with E-state index in [1.807, 2.05) is 0 Å². The number of rotatable bonds is 20. The Morgan fingerprint density at radius 2 is 1.49 bits per heavy atom. The highest BCUT2D eigenvalue weighted by Crippen LogP contribution is 2.19. The minimum absolute atomic E-state index is 0.0396. The fraction of sp³-hybridized carbons (Fsp3) is 0.630. The molecule has 6 amide bonds. The van der Waals surface area contributed by atoms with Gasteiger partial charge in [-0.1, -0.05) is 0 Å². The average molecular weight is 751 g/mol. The fourth-order valence-electron chi connectivity index (χ4n) is 4.36. The summed E-state index contributed by atoms with van der Waals surface area (Å²) in [6.07, 6.45) is -0.109. The van der Waals surface area contributed by atoms with Crippen LogP contribution in [-0.2, 0) is 43.2 Å². The van der Waals surface area contributed by atoms with Crippen LogP contribution in [0.5, 0.6) is 0 Å². The molecule has 0 spiro atoms. The van der Waals surface area contributed by atoms with Crippen LogP contribution >= 0.6 is 12.6 Å². The van der Waals surface area contributed by atoms with Gasteiger partial charge in [-0.2, -0.15) is 12.6 Å². The highest BCUT2D eigenvalue weighted by atomic mass is 32.1. The normalized spacial score (nSPS) is 15.6. The van der Waals surface area contributed by atoms with Crippen LogP contribution in [0.4, 0.5) is 0 Å². The first-order valence-corrected chi connectivity index (χ1v) is 15.9. The molecule has 51 heavy (non-hydrogen) atoms. The van der Waals surface area contributed by atoms with Crippen LogP contribution in [0, 0.1) is 0 Å². The number of carbonyl (C=O) groups is 9. The Morgan fingerprint density at radius 3 is 2.00 bits per heavy atom. The third-order valence-electron chi connectivity index (χ3n) is 6.67. The molecule has 1 saturated heterocycles. The number of hydrogen-bond acceptors (Lipinski definition) is 13. The summed E-state index contributed by atoms with van der Waals surface area (Å²) in [5.41, 5.74) is 15.8. The lowest BCUT2D eigenvalue weighted by molar-refractivity contribution is -0.145. The van der Waals surface area contributed by atoms with Gasteiger partial charge in [0.25, 0.3) is 5.97 Å². The lowest BCUT2D eigenvalue weighted by atomic mass is 10.1. The van der Waals surface area contributed by atoms with Crippen molar-refractivity contribution in [2.24, 2.45) is 22.2 Å². The van der Waals surface area contributed by atoms with Gasteiger partial charge in [0.1, 0.15) is 30.2 Å². The Hall–Kier alpha value is -5.23. The molecule has 0 aromatic carbocycles. The average Bonchev–Trinajstić information content (AvgIpc) is 3.55. The monoisotopic (exact) mass is 750 g/mol. The molecule has 0 unspecified atom stereocenters. The number of thiol groups is 1. The van der Waals surface area contributed by atoms with Crippen molar-refractivity contribution in [3.05, 3.63) is 0 Å². The van der Waals surface area contributed by atoms with Crippen LogP contribution in [0.2, 0.25) is 0 Å². The van der Waals surface area contributed by atoms with Gasteiger partial charge in [0.2, 0.25) is 35.4 Å². The lowest BCUT2D eigenvalue weighted by Crippen LogP contribution is -2.59. The number of aliphatic hydroxyl groups excluding tert-OH is 1. The van der Waals surface area contributed by atoms with Crippen molar-refractivity contribution in [3.63, 3.8) is 0 Å². The van der Waals surface area contributed by atoms with Crippen LogP contribution in [0.25, 0.3) is 0 Å². The molecule has 0 saturated carbocycles. The third kappa shape index (κ3) is 18.4. The third-order valence-corrected chi connectivity index (χ3v) is 7.03. The van der Waals surface area contributed by atoms with Crippen LogP contribution in [-0.4, -0.2) is 153 Å². The molecule has 1 aliphatic rings. The maximum Gasteiger partial charge on any atom is 0.327 e. The smallest absolute Gasteiger partial charge is 0.327 e. The number of carboxylic acid groups (broad SMARTS) is 3.